The number of ether oxygens (including phenoxy) is 1. The summed E-state index contributed by atoms with van der Waals surface area (Å²) in [6, 6.07) is 0.334. The molecule has 0 unspecified atom stereocenters. The Morgan fingerprint density at radius 1 is 1.43 bits per heavy atom. The van der Waals surface area contributed by atoms with Crippen molar-refractivity contribution in [1.29, 1.82) is 0 Å². The summed E-state index contributed by atoms with van der Waals surface area (Å²) >= 11 is 0. The van der Waals surface area contributed by atoms with E-state index in [0.29, 0.717) is 12.0 Å². The van der Waals surface area contributed by atoms with Crippen LogP contribution in [-0.4, -0.2) is 18.5 Å². The van der Waals surface area contributed by atoms with Crippen LogP contribution in [0.2, 0.25) is 0 Å². The zero-order chi connectivity index (χ0) is 10.1. The summed E-state index contributed by atoms with van der Waals surface area (Å²) < 4.78 is 5.58. The Hall–Kier alpha value is -0.530. The fourth-order valence-corrected chi connectivity index (χ4v) is 1.58. The molecule has 1 atom stereocenters. The minimum Gasteiger partial charge on any atom is -0.478 e. The topological polar surface area (TPSA) is 21.6 Å². The van der Waals surface area contributed by atoms with Gasteiger partial charge in [-0.3, -0.25) is 0 Å². The van der Waals surface area contributed by atoms with Crippen molar-refractivity contribution >= 4 is 5.90 Å². The van der Waals surface area contributed by atoms with Crippen LogP contribution < -0.4 is 0 Å². The Kier molecular flexibility index (Phi) is 2.80. The van der Waals surface area contributed by atoms with E-state index in [9.17, 15) is 0 Å². The molecule has 0 aromatic heterocycles. The molecule has 1 aliphatic carbocycles. The van der Waals surface area contributed by atoms with Crippen LogP contribution in [0.3, 0.4) is 0 Å². The number of rotatable bonds is 2. The smallest absolute Gasteiger partial charge is 0.191 e. The zero-order valence-corrected chi connectivity index (χ0v) is 8.95. The van der Waals surface area contributed by atoms with Gasteiger partial charge in [0.15, 0.2) is 5.90 Å². The van der Waals surface area contributed by atoms with E-state index in [1.54, 1.807) is 0 Å². The standard InChI is InChI=1S/C12H16NO/c1-8(2)11-7-14-12(13-11)10-5-4-9(3)6-10/h4-6,8,11H,7H2,1-3H3/t11-/m1/s1. The summed E-state index contributed by atoms with van der Waals surface area (Å²) in [7, 11) is 0. The lowest BCUT2D eigenvalue weighted by Gasteiger charge is -2.07. The SMILES string of the molecule is C[C]1[CH][CH][C](C2=N[C@@H](C(C)C)CO2)[CH]1. The third-order valence-electron chi connectivity index (χ3n) is 2.60. The monoisotopic (exact) mass is 190 g/mol. The average Bonchev–Trinajstić information content (AvgIpc) is 2.70. The Labute approximate surface area is 86.8 Å². The van der Waals surface area contributed by atoms with Crippen LogP contribution in [0.15, 0.2) is 4.99 Å². The van der Waals surface area contributed by atoms with Crippen molar-refractivity contribution < 1.29 is 4.74 Å². The van der Waals surface area contributed by atoms with Crippen molar-refractivity contribution in [2.45, 2.75) is 26.8 Å². The zero-order valence-electron chi connectivity index (χ0n) is 8.95. The van der Waals surface area contributed by atoms with Crippen molar-refractivity contribution in [3.05, 3.63) is 31.1 Å². The molecule has 0 aromatic rings. The van der Waals surface area contributed by atoms with Crippen LogP contribution in [0, 0.1) is 37.0 Å². The molecule has 1 fully saturated rings. The third kappa shape index (κ3) is 1.94. The van der Waals surface area contributed by atoms with Gasteiger partial charge in [-0.15, -0.1) is 0 Å². The number of hydrogen-bond donors (Lipinski definition) is 0. The highest BCUT2D eigenvalue weighted by Gasteiger charge is 2.33. The highest BCUT2D eigenvalue weighted by molar-refractivity contribution is 5.97. The summed E-state index contributed by atoms with van der Waals surface area (Å²) in [5.74, 6) is 3.75. The molecule has 2 nitrogen and oxygen atoms in total. The molecule has 0 aromatic carbocycles. The lowest BCUT2D eigenvalue weighted by Crippen LogP contribution is -2.13. The van der Waals surface area contributed by atoms with Crippen LogP contribution in [0.25, 0.3) is 0 Å². The highest BCUT2D eigenvalue weighted by atomic mass is 16.5. The number of aliphatic imine (C=N–C) groups is 1. The van der Waals surface area contributed by atoms with Gasteiger partial charge >= 0.3 is 0 Å². The first-order valence-electron chi connectivity index (χ1n) is 5.11. The average molecular weight is 190 g/mol. The van der Waals surface area contributed by atoms with E-state index < -0.39 is 0 Å². The normalized spacial score (nSPS) is 29.7. The number of nitrogens with zero attached hydrogens (tertiary/aromatic N) is 1. The Morgan fingerprint density at radius 3 is 2.71 bits per heavy atom. The van der Waals surface area contributed by atoms with Gasteiger partial charge in [-0.1, -0.05) is 20.8 Å². The molecule has 2 heteroatoms. The molecule has 1 aliphatic heterocycles. The summed E-state index contributed by atoms with van der Waals surface area (Å²) in [6.45, 7) is 7.17. The van der Waals surface area contributed by atoms with Crippen molar-refractivity contribution in [2.75, 3.05) is 6.61 Å². The van der Waals surface area contributed by atoms with Gasteiger partial charge in [0, 0.05) is 0 Å². The van der Waals surface area contributed by atoms with E-state index in [-0.39, 0.29) is 0 Å². The second-order valence-corrected chi connectivity index (χ2v) is 4.23. The molecule has 0 spiro atoms. The molecular weight excluding hydrogens is 174 g/mol. The third-order valence-corrected chi connectivity index (χ3v) is 2.60. The van der Waals surface area contributed by atoms with Crippen molar-refractivity contribution in [3.63, 3.8) is 0 Å². The summed E-state index contributed by atoms with van der Waals surface area (Å²) in [5.41, 5.74) is 0. The first-order valence-corrected chi connectivity index (χ1v) is 5.11. The fraction of sp³-hybridized carbons (Fsp3) is 0.500. The molecule has 0 bridgehead atoms. The van der Waals surface area contributed by atoms with Crippen LogP contribution in [0.1, 0.15) is 20.8 Å². The van der Waals surface area contributed by atoms with Crippen molar-refractivity contribution in [1.82, 2.24) is 0 Å². The maximum Gasteiger partial charge on any atom is 0.191 e. The molecule has 75 valence electrons. The van der Waals surface area contributed by atoms with Gasteiger partial charge in [-0.05, 0) is 31.1 Å². The maximum atomic E-state index is 5.58. The van der Waals surface area contributed by atoms with E-state index >= 15 is 0 Å². The van der Waals surface area contributed by atoms with Gasteiger partial charge in [0.2, 0.25) is 0 Å². The molecule has 2 aliphatic rings. The van der Waals surface area contributed by atoms with E-state index in [4.69, 9.17) is 4.74 Å². The summed E-state index contributed by atoms with van der Waals surface area (Å²) in [5, 5.41) is 0. The minimum absolute atomic E-state index is 0.334. The largest absolute Gasteiger partial charge is 0.478 e. The van der Waals surface area contributed by atoms with Gasteiger partial charge in [0.05, 0.1) is 12.0 Å². The predicted molar refractivity (Wildman–Crippen MR) is 57.1 cm³/mol. The van der Waals surface area contributed by atoms with E-state index in [2.05, 4.69) is 45.0 Å². The van der Waals surface area contributed by atoms with Crippen LogP contribution in [0.5, 0.6) is 0 Å². The lowest BCUT2D eigenvalue weighted by molar-refractivity contribution is 0.289. The Morgan fingerprint density at radius 2 is 2.21 bits per heavy atom. The molecule has 1 saturated carbocycles. The van der Waals surface area contributed by atoms with Gasteiger partial charge in [-0.25, -0.2) is 4.99 Å². The van der Waals surface area contributed by atoms with E-state index in [1.165, 1.54) is 5.92 Å². The highest BCUT2D eigenvalue weighted by Crippen LogP contribution is 2.34. The predicted octanol–water partition coefficient (Wildman–Crippen LogP) is 2.24. The fourth-order valence-electron chi connectivity index (χ4n) is 1.58. The van der Waals surface area contributed by atoms with E-state index in [0.717, 1.165) is 18.4 Å². The second-order valence-electron chi connectivity index (χ2n) is 4.23. The van der Waals surface area contributed by atoms with Gasteiger partial charge in [0.1, 0.15) is 6.61 Å². The van der Waals surface area contributed by atoms with Crippen molar-refractivity contribution in [3.8, 4) is 0 Å². The Bertz CT molecular complexity index is 234. The number of hydrogen-bond acceptors (Lipinski definition) is 2. The molecule has 1 heterocycles. The van der Waals surface area contributed by atoms with E-state index in [1.807, 2.05) is 0 Å². The molecule has 2 rings (SSSR count). The van der Waals surface area contributed by atoms with Gasteiger partial charge in [0.25, 0.3) is 0 Å². The second kappa shape index (κ2) is 3.92. The molecule has 0 N–H and O–H groups in total. The van der Waals surface area contributed by atoms with Crippen molar-refractivity contribution in [2.24, 2.45) is 10.9 Å². The maximum absolute atomic E-state index is 5.58. The molecular formula is C12H16NO. The molecule has 14 heavy (non-hydrogen) atoms. The van der Waals surface area contributed by atoms with Gasteiger partial charge in [-0.2, -0.15) is 0 Å². The first kappa shape index (κ1) is 10.0. The van der Waals surface area contributed by atoms with Crippen LogP contribution >= 0.6 is 0 Å². The molecule has 5 radical (unpaired) electrons. The van der Waals surface area contributed by atoms with Gasteiger partial charge < -0.3 is 4.74 Å². The Balaban J connectivity index is 1.96. The molecule has 0 amide bonds. The quantitative estimate of drug-likeness (QED) is 0.654. The first-order chi connectivity index (χ1) is 6.66. The molecule has 0 saturated heterocycles. The summed E-state index contributed by atoms with van der Waals surface area (Å²) in [4.78, 5) is 4.57. The van der Waals surface area contributed by atoms with Crippen LogP contribution in [0.4, 0.5) is 0 Å². The lowest BCUT2D eigenvalue weighted by atomic mass is 10.1. The van der Waals surface area contributed by atoms with Crippen LogP contribution in [-0.2, 0) is 4.74 Å². The minimum atomic E-state index is 0.334. The summed E-state index contributed by atoms with van der Waals surface area (Å²) in [6.07, 6.45) is 6.27.